The molecular weight excluding hydrogens is 1550 g/mol. The molecule has 19 nitrogen and oxygen atoms in total. The topological polar surface area (TPSA) is 277 Å². The minimum absolute atomic E-state index is 0.00655. The highest BCUT2D eigenvalue weighted by Gasteiger charge is 2.56. The molecule has 3 atom stereocenters. The lowest BCUT2D eigenvalue weighted by Crippen LogP contribution is -2.40. The Hall–Kier alpha value is -13.2. The highest BCUT2D eigenvalue weighted by Crippen LogP contribution is 2.56. The Morgan fingerprint density at radius 1 is 0.366 bits per heavy atom. The summed E-state index contributed by atoms with van der Waals surface area (Å²) in [5, 5.41) is 3.64. The zero-order valence-corrected chi connectivity index (χ0v) is 71.6. The first-order valence-corrected chi connectivity index (χ1v) is 41.9. The minimum Gasteiger partial charge on any atom is -0.496 e. The Bertz CT molecular complexity index is 6690. The van der Waals surface area contributed by atoms with Crippen LogP contribution in [0.5, 0.6) is 5.75 Å². The normalized spacial score (nSPS) is 20.4. The maximum atomic E-state index is 12.7. The van der Waals surface area contributed by atoms with E-state index in [9.17, 15) is 57.5 Å². The van der Waals surface area contributed by atoms with E-state index in [-0.39, 0.29) is 46.1 Å². The van der Waals surface area contributed by atoms with Crippen LogP contribution in [-0.4, -0.2) is 101 Å². The van der Waals surface area contributed by atoms with Crippen LogP contribution in [0.4, 0.5) is 0 Å². The molecule has 19 heteroatoms. The van der Waals surface area contributed by atoms with Crippen LogP contribution < -0.4 is 4.74 Å². The van der Waals surface area contributed by atoms with Gasteiger partial charge in [-0.15, -0.1) is 0 Å². The fraction of sp³-hybridized carbons (Fsp3) is 0.308. The van der Waals surface area contributed by atoms with E-state index in [1.165, 1.54) is 24.5 Å². The molecule has 622 valence electrons. The third-order valence-corrected chi connectivity index (χ3v) is 27.0. The smallest absolute Gasteiger partial charge is 0.237 e. The van der Waals surface area contributed by atoms with E-state index in [2.05, 4.69) is 39.8 Å². The standard InChI is InChI=1S/C19H20O3.C19H18O3.C18H14O3.C18H12O3.C16H16O3.C14H12O4/c2*1-10-9-22-18-12-6-7-13-11(5-4-8-19(13,2)3)15(12)17(21)16(20)14(10)18;2*1-9-4-3-5-12-11(9)6-7-13-15(12)17(20)16(19)14-10(2)8-21-18(13)14;1-15(2)11-13(18)12(17)9-7-5-6-8-10(9)14(11)19-16(15,3)4;1-7-6-9-12(15)13(16)11-8(14(9)18-7)4-3-5-10(11)17-2/h6-7,10H,4-5,8-9H2,1-3H3;6-7,9H,4-5,8H2,1-3H3;3-7,10H,8H2,1-2H3;3-8H,1-2H3;5-8H,1-4H3;3-5,7H,6H2,1-2H3/t10-;;;;;7-/m0....1/s1. The molecule has 8 aliphatic carbocycles. The number of Topliss-reactive ketones (excluding diaryl/α,β-unsaturated/α-hetero) is 12. The Morgan fingerprint density at radius 2 is 0.789 bits per heavy atom. The molecule has 0 saturated carbocycles. The third kappa shape index (κ3) is 12.8. The number of furan rings is 2. The first-order valence-electron chi connectivity index (χ1n) is 41.9. The van der Waals surface area contributed by atoms with Crippen LogP contribution >= 0.6 is 0 Å². The highest BCUT2D eigenvalue weighted by molar-refractivity contribution is 6.57. The minimum atomic E-state index is -0.509. The first kappa shape index (κ1) is 82.2. The van der Waals surface area contributed by atoms with Crippen LogP contribution in [0.1, 0.15) is 258 Å². The van der Waals surface area contributed by atoms with Gasteiger partial charge in [0.2, 0.25) is 69.4 Å². The van der Waals surface area contributed by atoms with E-state index in [4.69, 9.17) is 32.5 Å². The predicted molar refractivity (Wildman–Crippen MR) is 463 cm³/mol. The second-order valence-electron chi connectivity index (χ2n) is 36.2. The Labute approximate surface area is 710 Å². The lowest BCUT2D eigenvalue weighted by molar-refractivity contribution is -0.113. The molecule has 8 aromatic carbocycles. The molecule has 0 spiro atoms. The number of aryl methyl sites for hydroxylation is 4. The van der Waals surface area contributed by atoms with Crippen LogP contribution in [0.15, 0.2) is 171 Å². The fourth-order valence-corrected chi connectivity index (χ4v) is 19.8. The number of carbonyl (C=O) groups excluding carboxylic acids is 12. The molecule has 6 heterocycles. The molecule has 22 rings (SSSR count). The summed E-state index contributed by atoms with van der Waals surface area (Å²) in [6.07, 6.45) is 9.58. The molecule has 2 aromatic heterocycles. The zero-order valence-electron chi connectivity index (χ0n) is 71.6. The van der Waals surface area contributed by atoms with Gasteiger partial charge in [-0.2, -0.15) is 0 Å². The lowest BCUT2D eigenvalue weighted by Gasteiger charge is -2.35. The van der Waals surface area contributed by atoms with E-state index in [1.54, 1.807) is 50.4 Å². The summed E-state index contributed by atoms with van der Waals surface area (Å²) in [5.74, 6) is -1.19. The van der Waals surface area contributed by atoms with E-state index < -0.39 is 63.1 Å². The molecule has 4 aliphatic heterocycles. The first-order chi connectivity index (χ1) is 58.4. The van der Waals surface area contributed by atoms with Gasteiger partial charge in [0, 0.05) is 90.4 Å². The van der Waals surface area contributed by atoms with Crippen LogP contribution in [0.2, 0.25) is 0 Å². The van der Waals surface area contributed by atoms with Crippen LogP contribution in [0.3, 0.4) is 0 Å². The number of benzene rings is 8. The monoisotopic (exact) mass is 1640 g/mol. The van der Waals surface area contributed by atoms with E-state index >= 15 is 0 Å². The average molecular weight is 1650 g/mol. The highest BCUT2D eigenvalue weighted by atomic mass is 16.5. The van der Waals surface area contributed by atoms with Gasteiger partial charge in [-0.05, 0) is 182 Å². The van der Waals surface area contributed by atoms with Gasteiger partial charge in [-0.1, -0.05) is 165 Å². The Kier molecular flexibility index (Phi) is 20.0. The second-order valence-corrected chi connectivity index (χ2v) is 36.2. The molecule has 123 heavy (non-hydrogen) atoms. The summed E-state index contributed by atoms with van der Waals surface area (Å²) in [7, 11) is 1.48. The molecule has 0 radical (unpaired) electrons. The van der Waals surface area contributed by atoms with Gasteiger partial charge in [0.05, 0.1) is 66.3 Å². The summed E-state index contributed by atoms with van der Waals surface area (Å²) in [5.41, 5.74) is 17.6. The van der Waals surface area contributed by atoms with Crippen molar-refractivity contribution in [3.8, 4) is 28.4 Å². The number of ketones is 12. The molecule has 10 aromatic rings. The molecule has 0 fully saturated rings. The molecule has 12 aliphatic rings. The van der Waals surface area contributed by atoms with Gasteiger partial charge >= 0.3 is 0 Å². The molecular formula is C104H92O19. The van der Waals surface area contributed by atoms with Gasteiger partial charge in [-0.25, -0.2) is 0 Å². The van der Waals surface area contributed by atoms with Crippen LogP contribution in [-0.2, 0) is 61.8 Å². The molecule has 0 bridgehead atoms. The van der Waals surface area contributed by atoms with Gasteiger partial charge in [0.1, 0.15) is 52.0 Å². The molecule has 0 amide bonds. The number of ether oxygens (including phenoxy) is 5. The Morgan fingerprint density at radius 3 is 1.33 bits per heavy atom. The van der Waals surface area contributed by atoms with Gasteiger partial charge in [0.15, 0.2) is 0 Å². The van der Waals surface area contributed by atoms with Crippen molar-refractivity contribution in [2.75, 3.05) is 20.3 Å². The third-order valence-electron chi connectivity index (χ3n) is 27.0. The molecule has 1 unspecified atom stereocenters. The van der Waals surface area contributed by atoms with E-state index in [0.717, 1.165) is 110 Å². The fourth-order valence-electron chi connectivity index (χ4n) is 19.8. The summed E-state index contributed by atoms with van der Waals surface area (Å²) in [6.45, 7) is 30.9. The van der Waals surface area contributed by atoms with Crippen molar-refractivity contribution in [3.63, 3.8) is 0 Å². The summed E-state index contributed by atoms with van der Waals surface area (Å²) in [4.78, 5) is 149. The number of methoxy groups -OCH3 is 1. The number of fused-ring (bicyclic) bond motifs is 22. The van der Waals surface area contributed by atoms with Crippen molar-refractivity contribution in [3.05, 3.63) is 273 Å². The summed E-state index contributed by atoms with van der Waals surface area (Å²) >= 11 is 0. The summed E-state index contributed by atoms with van der Waals surface area (Å²) in [6, 6.07) is 39.9. The zero-order chi connectivity index (χ0) is 87.6. The second kappa shape index (κ2) is 29.9. The van der Waals surface area contributed by atoms with Crippen LogP contribution in [0.25, 0.3) is 67.2 Å². The lowest BCUT2D eigenvalue weighted by atomic mass is 9.69. The van der Waals surface area contributed by atoms with E-state index in [0.29, 0.717) is 143 Å². The average Bonchev–Trinajstić information content (AvgIpc) is 1.79. The van der Waals surface area contributed by atoms with Gasteiger partial charge in [-0.3, -0.25) is 57.5 Å². The van der Waals surface area contributed by atoms with Crippen molar-refractivity contribution >= 4 is 114 Å². The van der Waals surface area contributed by atoms with Crippen molar-refractivity contribution in [1.29, 1.82) is 0 Å². The number of carbonyl (C=O) groups is 12. The quantitative estimate of drug-likeness (QED) is 0.138. The maximum absolute atomic E-state index is 12.7. The Balaban J connectivity index is 0.000000105. The van der Waals surface area contributed by atoms with Crippen LogP contribution in [0, 0.1) is 44.9 Å². The van der Waals surface area contributed by atoms with Gasteiger partial charge < -0.3 is 32.5 Å². The summed E-state index contributed by atoms with van der Waals surface area (Å²) < 4.78 is 39.4. The number of rotatable bonds is 1. The van der Waals surface area contributed by atoms with E-state index in [1.807, 2.05) is 147 Å². The van der Waals surface area contributed by atoms with Crippen molar-refractivity contribution < 1.29 is 90.1 Å². The molecule has 0 saturated heterocycles. The number of hydrogen-bond acceptors (Lipinski definition) is 19. The van der Waals surface area contributed by atoms with Crippen molar-refractivity contribution in [2.45, 2.75) is 171 Å². The predicted octanol–water partition coefficient (Wildman–Crippen LogP) is 20.1. The largest absolute Gasteiger partial charge is 0.496 e. The SMILES string of the molecule is CC1(C)OC2=C(C(=O)C(=O)c3ccccc32)C1(C)C.COc1cccc2c1C(=O)C(=O)C1=C2O[C@H](C)C1.C[C@H]1COC2=C1C(=O)C(=O)c1c2ccc2c1CCCC2(C)C.Cc1cccc2c3c(ccc12)C1=C(C(=O)C3=O)C(C)CO1.Cc1coc2c1C(=O)C(=O)c1c-2ccc2c(C)cccc12.Cc1coc2c1C(=O)C(=O)c1c-2ccc2c1CCCC2(C)C. The molecule has 0 N–H and O–H groups in total. The van der Waals surface area contributed by atoms with Gasteiger partial charge in [0.25, 0.3) is 0 Å². The van der Waals surface area contributed by atoms with Crippen molar-refractivity contribution in [1.82, 2.24) is 0 Å². The maximum Gasteiger partial charge on any atom is 0.237 e. The van der Waals surface area contributed by atoms with Crippen molar-refractivity contribution in [2.24, 2.45) is 17.3 Å². The number of hydrogen-bond donors (Lipinski definition) is 0.